The van der Waals surface area contributed by atoms with Gasteiger partial charge in [0.1, 0.15) is 0 Å². The van der Waals surface area contributed by atoms with Crippen LogP contribution in [-0.2, 0) is 12.8 Å². The second-order valence-corrected chi connectivity index (χ2v) is 24.7. The molecule has 0 aromatic heterocycles. The normalized spacial score (nSPS) is 24.0. The smallest absolute Gasteiger partial charge is 0.405 e. The number of fused-ring (bicyclic) bond motifs is 2. The summed E-state index contributed by atoms with van der Waals surface area (Å²) in [7, 11) is 0. The monoisotopic (exact) mass is 1040 g/mol. The van der Waals surface area contributed by atoms with Crippen molar-refractivity contribution in [2.45, 2.75) is 209 Å². The van der Waals surface area contributed by atoms with Crippen molar-refractivity contribution in [2.75, 3.05) is 24.7 Å². The molecule has 3 aliphatic heterocycles. The summed E-state index contributed by atoms with van der Waals surface area (Å²) in [6.07, 6.45) is 23.2. The molecular formula is C63H84F4O4S2. The zero-order chi connectivity index (χ0) is 51.2. The Morgan fingerprint density at radius 1 is 0.493 bits per heavy atom. The summed E-state index contributed by atoms with van der Waals surface area (Å²) in [5.41, 5.74) is 5.99. The molecule has 0 bridgehead atoms. The highest BCUT2D eigenvalue weighted by molar-refractivity contribution is 8.18. The van der Waals surface area contributed by atoms with Gasteiger partial charge in [-0.2, -0.15) is 17.6 Å². The Hall–Kier alpha value is -3.50. The molecule has 4 aromatic carbocycles. The van der Waals surface area contributed by atoms with Crippen LogP contribution in [0.2, 0.25) is 0 Å². The van der Waals surface area contributed by atoms with E-state index in [1.54, 1.807) is 12.1 Å². The van der Waals surface area contributed by atoms with Crippen molar-refractivity contribution in [1.82, 2.24) is 0 Å². The summed E-state index contributed by atoms with van der Waals surface area (Å²) in [4.78, 5) is 0. The van der Waals surface area contributed by atoms with Gasteiger partial charge in [0.2, 0.25) is 15.9 Å². The molecule has 2 atom stereocenters. The number of halogens is 4. The van der Waals surface area contributed by atoms with E-state index in [1.807, 2.05) is 60.8 Å². The third-order valence-electron chi connectivity index (χ3n) is 16.6. The molecule has 3 heterocycles. The van der Waals surface area contributed by atoms with Gasteiger partial charge in [0.05, 0.1) is 19.1 Å². The minimum atomic E-state index is -3.49. The van der Waals surface area contributed by atoms with Crippen LogP contribution in [0.1, 0.15) is 220 Å². The summed E-state index contributed by atoms with van der Waals surface area (Å²) in [6, 6.07) is 24.1. The second kappa shape index (κ2) is 27.0. The number of rotatable bonds is 20. The molecule has 9 rings (SSSR count). The van der Waals surface area contributed by atoms with E-state index in [0.29, 0.717) is 47.7 Å². The van der Waals surface area contributed by atoms with Crippen LogP contribution in [0.25, 0.3) is 0 Å². The van der Waals surface area contributed by atoms with Gasteiger partial charge < -0.3 is 18.9 Å². The van der Waals surface area contributed by atoms with Crippen molar-refractivity contribution in [2.24, 2.45) is 11.8 Å². The number of hydrogen-bond donors (Lipinski definition) is 0. The number of ether oxygens (including phenoxy) is 4. The topological polar surface area (TPSA) is 36.9 Å². The fraction of sp³-hybridized carbons (Fsp3) is 0.619. The van der Waals surface area contributed by atoms with E-state index < -0.39 is 22.1 Å². The molecule has 0 radical (unpaired) electrons. The Bertz CT molecular complexity index is 2300. The first-order chi connectivity index (χ1) is 35.6. The first-order valence-electron chi connectivity index (χ1n) is 28.7. The summed E-state index contributed by atoms with van der Waals surface area (Å²) < 4.78 is 82.9. The number of benzene rings is 4. The highest BCUT2D eigenvalue weighted by Gasteiger charge is 2.50. The molecule has 2 unspecified atom stereocenters. The lowest BCUT2D eigenvalue weighted by Crippen LogP contribution is -2.43. The van der Waals surface area contributed by atoms with Crippen molar-refractivity contribution in [3.8, 4) is 23.0 Å². The maximum atomic E-state index is 15.6. The SMILES string of the molecule is CCCCCC1CCC(c2ccc(C3Cc4ccc(OCCCC)c(F)c4OC3(F)F)cc2)CC1.CCCCCC1CCC(c2ccc(C3Cc4ccc(OCCCC)c(F)c4OC34SCCCS4)cc2)CC1. The van der Waals surface area contributed by atoms with Gasteiger partial charge in [0.15, 0.2) is 23.0 Å². The zero-order valence-electron chi connectivity index (χ0n) is 44.4. The molecule has 73 heavy (non-hydrogen) atoms. The van der Waals surface area contributed by atoms with Gasteiger partial charge in [0, 0.05) is 5.92 Å². The molecule has 2 aliphatic carbocycles. The predicted octanol–water partition coefficient (Wildman–Crippen LogP) is 19.3. The van der Waals surface area contributed by atoms with Crippen LogP contribution in [0.5, 0.6) is 23.0 Å². The standard InChI is InChI=1S/C33H45FO2S2.C30H39F3O2/c1-3-5-7-9-24-10-12-25(13-11-24)26-14-16-27(17-15-26)29-23-28-18-19-30(35-20-6-4-2)31(34)32(28)36-33(29)37-21-8-22-38-33;1-3-5-7-8-21-9-11-22(12-10-21)23-13-15-24(16-14-23)26-20-25-17-18-27(34-19-6-4-2)28(31)29(25)35-30(26,32)33/h14-19,24-25,29H,3-13,20-23H2,1-2H3;13-18,21-22,26H,3-12,19-20H2,1-2H3. The summed E-state index contributed by atoms with van der Waals surface area (Å²) in [6.45, 7) is 9.54. The van der Waals surface area contributed by atoms with E-state index in [4.69, 9.17) is 18.9 Å². The number of alkyl halides is 2. The van der Waals surface area contributed by atoms with Gasteiger partial charge in [-0.15, -0.1) is 23.5 Å². The number of hydrogen-bond acceptors (Lipinski definition) is 6. The summed E-state index contributed by atoms with van der Waals surface area (Å²) in [5.74, 6) is 3.28. The maximum absolute atomic E-state index is 15.6. The van der Waals surface area contributed by atoms with E-state index in [0.717, 1.165) is 61.0 Å². The molecule has 3 fully saturated rings. The van der Waals surface area contributed by atoms with E-state index in [9.17, 15) is 4.39 Å². The van der Waals surface area contributed by atoms with E-state index in [2.05, 4.69) is 45.0 Å². The molecule has 1 spiro atoms. The molecule has 4 aromatic rings. The Kier molecular flexibility index (Phi) is 20.6. The van der Waals surface area contributed by atoms with Gasteiger partial charge in [-0.25, -0.2) is 0 Å². The van der Waals surface area contributed by atoms with E-state index >= 15 is 13.2 Å². The minimum Gasteiger partial charge on any atom is -0.490 e. The van der Waals surface area contributed by atoms with Gasteiger partial charge in [-0.05, 0) is 164 Å². The lowest BCUT2D eigenvalue weighted by molar-refractivity contribution is -0.203. The largest absolute Gasteiger partial charge is 0.490 e. The van der Waals surface area contributed by atoms with Crippen molar-refractivity contribution < 1.29 is 36.5 Å². The maximum Gasteiger partial charge on any atom is 0.405 e. The Labute approximate surface area is 444 Å². The van der Waals surface area contributed by atoms with E-state index in [1.165, 1.54) is 132 Å². The van der Waals surface area contributed by atoms with Gasteiger partial charge in [-0.3, -0.25) is 0 Å². The Morgan fingerprint density at radius 2 is 0.904 bits per heavy atom. The van der Waals surface area contributed by atoms with Gasteiger partial charge in [-0.1, -0.05) is 153 Å². The van der Waals surface area contributed by atoms with E-state index in [-0.39, 0.29) is 29.7 Å². The van der Waals surface area contributed by atoms with Crippen LogP contribution in [0, 0.1) is 23.5 Å². The highest BCUT2D eigenvalue weighted by Crippen LogP contribution is 2.58. The fourth-order valence-corrected chi connectivity index (χ4v) is 15.3. The zero-order valence-corrected chi connectivity index (χ0v) is 46.1. The van der Waals surface area contributed by atoms with Crippen LogP contribution in [0.4, 0.5) is 17.6 Å². The van der Waals surface area contributed by atoms with Crippen LogP contribution in [0.3, 0.4) is 0 Å². The second-order valence-electron chi connectivity index (χ2n) is 21.8. The molecular weight excluding hydrogens is 961 g/mol. The average Bonchev–Trinajstić information content (AvgIpc) is 3.41. The minimum absolute atomic E-state index is 0.0245. The van der Waals surface area contributed by atoms with Crippen molar-refractivity contribution >= 4 is 23.5 Å². The van der Waals surface area contributed by atoms with Crippen LogP contribution in [-0.4, -0.2) is 35.1 Å². The van der Waals surface area contributed by atoms with Crippen LogP contribution >= 0.6 is 23.5 Å². The lowest BCUT2D eigenvalue weighted by atomic mass is 9.76. The molecule has 10 heteroatoms. The molecule has 2 saturated carbocycles. The summed E-state index contributed by atoms with van der Waals surface area (Å²) in [5, 5.41) is 0. The van der Waals surface area contributed by atoms with Crippen molar-refractivity contribution in [3.63, 3.8) is 0 Å². The van der Waals surface area contributed by atoms with Crippen LogP contribution < -0.4 is 18.9 Å². The Balaban J connectivity index is 0.000000196. The van der Waals surface area contributed by atoms with Crippen LogP contribution in [0.15, 0.2) is 72.8 Å². The first-order valence-corrected chi connectivity index (χ1v) is 30.6. The molecule has 4 nitrogen and oxygen atoms in total. The molecule has 0 amide bonds. The molecule has 400 valence electrons. The third-order valence-corrected chi connectivity index (χ3v) is 19.8. The molecule has 1 saturated heterocycles. The highest BCUT2D eigenvalue weighted by atomic mass is 32.2. The van der Waals surface area contributed by atoms with Crippen molar-refractivity contribution in [3.05, 3.63) is 118 Å². The first kappa shape index (κ1) is 55.7. The average molecular weight is 1050 g/mol. The Morgan fingerprint density at radius 3 is 1.36 bits per heavy atom. The predicted molar refractivity (Wildman–Crippen MR) is 296 cm³/mol. The lowest BCUT2D eigenvalue weighted by Gasteiger charge is -2.46. The van der Waals surface area contributed by atoms with Gasteiger partial charge in [0.25, 0.3) is 0 Å². The van der Waals surface area contributed by atoms with Crippen molar-refractivity contribution in [1.29, 1.82) is 0 Å². The number of thioether (sulfide) groups is 2. The quantitative estimate of drug-likeness (QED) is 0.0649. The number of unbranched alkanes of at least 4 members (excludes halogenated alkanes) is 6. The summed E-state index contributed by atoms with van der Waals surface area (Å²) >= 11 is 3.73. The third kappa shape index (κ3) is 14.1. The fourth-order valence-electron chi connectivity index (χ4n) is 12.0. The van der Waals surface area contributed by atoms with Gasteiger partial charge >= 0.3 is 6.11 Å². The molecule has 0 N–H and O–H groups in total. The molecule has 5 aliphatic rings.